The Bertz CT molecular complexity index is 482. The minimum Gasteiger partial charge on any atom is -0.306 e. The average Bonchev–Trinajstić information content (AvgIpc) is 2.75. The van der Waals surface area contributed by atoms with Crippen molar-refractivity contribution in [3.8, 4) is 0 Å². The highest BCUT2D eigenvalue weighted by Gasteiger charge is 2.10. The maximum absolute atomic E-state index is 4.17. The van der Waals surface area contributed by atoms with Crippen LogP contribution < -0.4 is 5.32 Å². The second-order valence-electron chi connectivity index (χ2n) is 5.50. The van der Waals surface area contributed by atoms with Crippen LogP contribution in [0.15, 0.2) is 36.5 Å². The minimum absolute atomic E-state index is 0.100. The van der Waals surface area contributed by atoms with Crippen LogP contribution in [0.25, 0.3) is 0 Å². The Morgan fingerprint density at radius 2 is 1.89 bits per heavy atom. The van der Waals surface area contributed by atoms with Gasteiger partial charge in [0.15, 0.2) is 0 Å². The number of nitrogens with zero attached hydrogens (tertiary/aromatic N) is 3. The lowest BCUT2D eigenvalue weighted by Gasteiger charge is -2.19. The summed E-state index contributed by atoms with van der Waals surface area (Å²) in [6.45, 7) is 7.94. The molecule has 1 N–H and O–H groups in total. The molecule has 1 aromatic carbocycles. The van der Waals surface area contributed by atoms with Crippen LogP contribution >= 0.6 is 0 Å². The van der Waals surface area contributed by atoms with Crippen molar-refractivity contribution < 1.29 is 0 Å². The molecule has 1 aromatic heterocycles. The monoisotopic (exact) mass is 244 g/mol. The predicted molar refractivity (Wildman–Crippen MR) is 72.2 cm³/mol. The van der Waals surface area contributed by atoms with Crippen molar-refractivity contribution in [3.05, 3.63) is 47.8 Å². The van der Waals surface area contributed by atoms with Crippen molar-refractivity contribution >= 4 is 0 Å². The summed E-state index contributed by atoms with van der Waals surface area (Å²) < 4.78 is 1.87. The zero-order valence-corrected chi connectivity index (χ0v) is 11.2. The lowest BCUT2D eigenvalue weighted by Crippen LogP contribution is -2.35. The summed E-state index contributed by atoms with van der Waals surface area (Å²) in [5.41, 5.74) is 2.31. The van der Waals surface area contributed by atoms with E-state index in [9.17, 15) is 0 Å². The summed E-state index contributed by atoms with van der Waals surface area (Å²) in [6, 6.07) is 10.3. The van der Waals surface area contributed by atoms with E-state index in [4.69, 9.17) is 0 Å². The van der Waals surface area contributed by atoms with Crippen LogP contribution in [0.5, 0.6) is 0 Å². The van der Waals surface area contributed by atoms with Gasteiger partial charge in [-0.1, -0.05) is 35.5 Å². The molecule has 2 aromatic rings. The minimum atomic E-state index is 0.100. The smallest absolute Gasteiger partial charge is 0.0965 e. The Balaban J connectivity index is 1.94. The van der Waals surface area contributed by atoms with Gasteiger partial charge in [0.1, 0.15) is 0 Å². The fourth-order valence-corrected chi connectivity index (χ4v) is 1.62. The Hall–Kier alpha value is -1.68. The summed E-state index contributed by atoms with van der Waals surface area (Å²) in [4.78, 5) is 0. The Labute approximate surface area is 108 Å². The van der Waals surface area contributed by atoms with Gasteiger partial charge in [-0.3, -0.25) is 0 Å². The van der Waals surface area contributed by atoms with Crippen molar-refractivity contribution in [2.75, 3.05) is 0 Å². The summed E-state index contributed by atoms with van der Waals surface area (Å²) in [5, 5.41) is 11.7. The average molecular weight is 244 g/mol. The van der Waals surface area contributed by atoms with E-state index in [2.05, 4.69) is 48.5 Å². The first kappa shape index (κ1) is 12.8. The first-order valence-corrected chi connectivity index (χ1v) is 6.21. The fraction of sp³-hybridized carbons (Fsp3) is 0.429. The van der Waals surface area contributed by atoms with Crippen LogP contribution in [-0.2, 0) is 13.1 Å². The third-order valence-corrected chi connectivity index (χ3v) is 2.57. The van der Waals surface area contributed by atoms with E-state index < -0.39 is 0 Å². The second-order valence-corrected chi connectivity index (χ2v) is 5.50. The van der Waals surface area contributed by atoms with Gasteiger partial charge in [0.2, 0.25) is 0 Å². The summed E-state index contributed by atoms with van der Waals surface area (Å²) in [5.74, 6) is 0. The van der Waals surface area contributed by atoms with Crippen LogP contribution in [0.2, 0.25) is 0 Å². The highest BCUT2D eigenvalue weighted by molar-refractivity contribution is 5.14. The number of aromatic nitrogens is 3. The molecule has 2 rings (SSSR count). The number of rotatable bonds is 4. The molecule has 0 spiro atoms. The molecule has 0 bridgehead atoms. The van der Waals surface area contributed by atoms with E-state index in [1.54, 1.807) is 0 Å². The molecule has 0 unspecified atom stereocenters. The Morgan fingerprint density at radius 3 is 2.56 bits per heavy atom. The quantitative estimate of drug-likeness (QED) is 0.896. The van der Waals surface area contributed by atoms with Gasteiger partial charge in [-0.25, -0.2) is 4.68 Å². The van der Waals surface area contributed by atoms with Gasteiger partial charge in [-0.05, 0) is 26.3 Å². The van der Waals surface area contributed by atoms with Crippen molar-refractivity contribution in [1.29, 1.82) is 0 Å². The molecule has 0 atom stereocenters. The van der Waals surface area contributed by atoms with Gasteiger partial charge in [0.25, 0.3) is 0 Å². The van der Waals surface area contributed by atoms with E-state index in [-0.39, 0.29) is 5.54 Å². The molecule has 4 nitrogen and oxygen atoms in total. The topological polar surface area (TPSA) is 42.7 Å². The van der Waals surface area contributed by atoms with E-state index in [1.807, 2.05) is 29.1 Å². The Morgan fingerprint density at radius 1 is 1.17 bits per heavy atom. The van der Waals surface area contributed by atoms with E-state index >= 15 is 0 Å². The third kappa shape index (κ3) is 3.96. The summed E-state index contributed by atoms with van der Waals surface area (Å²) >= 11 is 0. The normalized spacial score (nSPS) is 11.7. The van der Waals surface area contributed by atoms with Crippen LogP contribution in [0, 0.1) is 0 Å². The van der Waals surface area contributed by atoms with Crippen LogP contribution in [0.4, 0.5) is 0 Å². The van der Waals surface area contributed by atoms with Gasteiger partial charge in [0.05, 0.1) is 18.4 Å². The molecule has 0 aliphatic carbocycles. The number of nitrogens with one attached hydrogen (secondary N) is 1. The largest absolute Gasteiger partial charge is 0.306 e. The highest BCUT2D eigenvalue weighted by atomic mass is 15.4. The third-order valence-electron chi connectivity index (χ3n) is 2.57. The molecule has 0 saturated carbocycles. The summed E-state index contributed by atoms with van der Waals surface area (Å²) in [6.07, 6.45) is 1.99. The van der Waals surface area contributed by atoms with Crippen molar-refractivity contribution in [2.24, 2.45) is 0 Å². The van der Waals surface area contributed by atoms with Gasteiger partial charge in [-0.2, -0.15) is 0 Å². The lowest BCUT2D eigenvalue weighted by molar-refractivity contribution is 0.421. The van der Waals surface area contributed by atoms with Crippen molar-refractivity contribution in [1.82, 2.24) is 20.3 Å². The van der Waals surface area contributed by atoms with Crippen molar-refractivity contribution in [2.45, 2.75) is 39.4 Å². The van der Waals surface area contributed by atoms with Gasteiger partial charge in [0, 0.05) is 12.1 Å². The molecule has 1 heterocycles. The highest BCUT2D eigenvalue weighted by Crippen LogP contribution is 2.04. The van der Waals surface area contributed by atoms with Gasteiger partial charge >= 0.3 is 0 Å². The fourth-order valence-electron chi connectivity index (χ4n) is 1.62. The van der Waals surface area contributed by atoms with Gasteiger partial charge < -0.3 is 5.32 Å². The maximum Gasteiger partial charge on any atom is 0.0965 e. The molecule has 0 aliphatic rings. The SMILES string of the molecule is CC(C)(C)NCc1cn(Cc2ccccc2)nn1. The molecule has 0 fully saturated rings. The number of hydrogen-bond acceptors (Lipinski definition) is 3. The first-order valence-electron chi connectivity index (χ1n) is 6.21. The van der Waals surface area contributed by atoms with Crippen LogP contribution in [0.3, 0.4) is 0 Å². The standard InChI is InChI=1S/C14H20N4/c1-14(2,3)15-9-13-11-18(17-16-13)10-12-7-5-4-6-8-12/h4-8,11,15H,9-10H2,1-3H3. The summed E-state index contributed by atoms with van der Waals surface area (Å²) in [7, 11) is 0. The van der Waals surface area contributed by atoms with Crippen LogP contribution in [0.1, 0.15) is 32.0 Å². The van der Waals surface area contributed by atoms with E-state index in [0.29, 0.717) is 0 Å². The molecule has 18 heavy (non-hydrogen) atoms. The molecule has 0 amide bonds. The number of benzene rings is 1. The molecule has 4 heteroatoms. The zero-order chi connectivity index (χ0) is 13.0. The lowest BCUT2D eigenvalue weighted by atomic mass is 10.1. The van der Waals surface area contributed by atoms with Crippen LogP contribution in [-0.4, -0.2) is 20.5 Å². The second kappa shape index (κ2) is 5.31. The van der Waals surface area contributed by atoms with Gasteiger partial charge in [-0.15, -0.1) is 5.10 Å². The van der Waals surface area contributed by atoms with E-state index in [1.165, 1.54) is 5.56 Å². The van der Waals surface area contributed by atoms with Crippen molar-refractivity contribution in [3.63, 3.8) is 0 Å². The van der Waals surface area contributed by atoms with E-state index in [0.717, 1.165) is 18.8 Å². The Kier molecular flexibility index (Phi) is 3.77. The molecular weight excluding hydrogens is 224 g/mol. The first-order chi connectivity index (χ1) is 8.53. The molecule has 0 aliphatic heterocycles. The maximum atomic E-state index is 4.17. The molecule has 96 valence electrons. The molecule has 0 radical (unpaired) electrons. The molecular formula is C14H20N4. The zero-order valence-electron chi connectivity index (χ0n) is 11.2. The predicted octanol–water partition coefficient (Wildman–Crippen LogP) is 2.21. The number of hydrogen-bond donors (Lipinski definition) is 1. The molecule has 0 saturated heterocycles.